The molecule has 0 heterocycles. The van der Waals surface area contributed by atoms with Gasteiger partial charge in [0.25, 0.3) is 0 Å². The zero-order valence-electron chi connectivity index (χ0n) is 27.6. The van der Waals surface area contributed by atoms with Gasteiger partial charge >= 0.3 is 120 Å². The summed E-state index contributed by atoms with van der Waals surface area (Å²) in [6, 6.07) is 30.4. The van der Waals surface area contributed by atoms with E-state index in [9.17, 15) is 0 Å². The van der Waals surface area contributed by atoms with Crippen LogP contribution in [-0.4, -0.2) is 3.21 Å². The fourth-order valence-electron chi connectivity index (χ4n) is 5.34. The minimum absolute atomic E-state index is 0. The van der Waals surface area contributed by atoms with Crippen LogP contribution in [0.1, 0.15) is 80.3 Å². The third-order valence-corrected chi connectivity index (χ3v) is 9.85. The second-order valence-electron chi connectivity index (χ2n) is 12.7. The van der Waals surface area contributed by atoms with Crippen molar-refractivity contribution < 1.29 is 49.0 Å². The molecule has 0 saturated carbocycles. The summed E-state index contributed by atoms with van der Waals surface area (Å²) in [7, 11) is 0. The Balaban J connectivity index is 0.000000236. The summed E-state index contributed by atoms with van der Waals surface area (Å²) in [6.45, 7) is 13.3. The molecule has 5 heteroatoms. The molecule has 0 bridgehead atoms. The number of rotatable bonds is 5. The van der Waals surface area contributed by atoms with Crippen molar-refractivity contribution in [2.24, 2.45) is 11.3 Å². The number of aryl methyl sites for hydroxylation is 2. The molecule has 0 fully saturated rings. The molecule has 0 aromatic heterocycles. The average molecular weight is 768 g/mol. The van der Waals surface area contributed by atoms with Crippen LogP contribution in [0.2, 0.25) is 10.0 Å². The molecular weight excluding hydrogens is 725 g/mol. The topological polar surface area (TPSA) is 0 Å². The van der Waals surface area contributed by atoms with E-state index in [-0.39, 0.29) is 24.8 Å². The van der Waals surface area contributed by atoms with Gasteiger partial charge in [-0.05, 0) is 18.9 Å². The molecule has 0 aliphatic heterocycles. The van der Waals surface area contributed by atoms with Crippen molar-refractivity contribution >= 4 is 26.4 Å². The fourth-order valence-corrected chi connectivity index (χ4v) is 6.41. The van der Waals surface area contributed by atoms with E-state index in [1.807, 2.05) is 48.5 Å². The summed E-state index contributed by atoms with van der Waals surface area (Å²) in [6.07, 6.45) is 12.9. The molecule has 0 nitrogen and oxygen atoms in total. The molecule has 4 aromatic rings. The Kier molecular flexibility index (Phi) is 16.5. The van der Waals surface area contributed by atoms with Crippen molar-refractivity contribution in [3.05, 3.63) is 152 Å². The second kappa shape index (κ2) is 18.7. The Labute approximate surface area is 314 Å². The first-order chi connectivity index (χ1) is 20.9. The molecular formula is C41H42Cl4Zr-2. The van der Waals surface area contributed by atoms with E-state index in [0.29, 0.717) is 11.3 Å². The molecule has 2 aliphatic rings. The molecule has 1 atom stereocenters. The molecule has 0 saturated heterocycles. The van der Waals surface area contributed by atoms with Crippen LogP contribution < -0.4 is 24.8 Å². The number of fused-ring (bicyclic) bond motifs is 3. The Hall–Kier alpha value is -1.73. The van der Waals surface area contributed by atoms with Crippen LogP contribution in [0.5, 0.6) is 0 Å². The van der Waals surface area contributed by atoms with Crippen LogP contribution in [0.3, 0.4) is 0 Å². The van der Waals surface area contributed by atoms with E-state index in [4.69, 9.17) is 23.2 Å². The largest absolute Gasteiger partial charge is 1.00 e. The Morgan fingerprint density at radius 2 is 1.39 bits per heavy atom. The molecule has 0 amide bonds. The predicted octanol–water partition coefficient (Wildman–Crippen LogP) is 5.93. The van der Waals surface area contributed by atoms with Crippen LogP contribution in [0.25, 0.3) is 11.1 Å². The van der Waals surface area contributed by atoms with Gasteiger partial charge in [0.05, 0.1) is 0 Å². The molecule has 6 rings (SSSR count). The molecule has 1 unspecified atom stereocenters. The second-order valence-corrected chi connectivity index (χ2v) is 14.8. The fraction of sp³-hybridized carbons (Fsp3) is 0.293. The summed E-state index contributed by atoms with van der Waals surface area (Å²) in [5.41, 5.74) is 12.3. The van der Waals surface area contributed by atoms with E-state index in [0.717, 1.165) is 16.5 Å². The third kappa shape index (κ3) is 11.5. The standard InChI is InChI=1S/C15H13.C13H8Cl2.C13H21.2ClH.Zr/c1-10-3-5-14-12(7-10)9-13-8-11(2)4-6-15(13)14;14-12-5-1-10(2-6-12)9-11-3-7-13(15)8-4-11;1-5-6-7-11-8-9-12(10-11)13(2,3)4;;;/h3-7H,9H2,1-2H3;1-8H;9-11H,5-7H2,1-4H3;2*1H;/q-1;;-1;;;+2/p-2. The summed E-state index contributed by atoms with van der Waals surface area (Å²) in [5, 5.41) is 1.53. The number of hydrogen-bond acceptors (Lipinski definition) is 0. The van der Waals surface area contributed by atoms with Crippen LogP contribution in [-0.2, 0) is 30.7 Å². The Bertz CT molecular complexity index is 1540. The van der Waals surface area contributed by atoms with Crippen LogP contribution >= 0.6 is 23.2 Å². The maximum Gasteiger partial charge on any atom is -1.00 e. The third-order valence-electron chi connectivity index (χ3n) is 7.93. The minimum atomic E-state index is 0. The van der Waals surface area contributed by atoms with E-state index < -0.39 is 0 Å². The zero-order valence-corrected chi connectivity index (χ0v) is 33.1. The van der Waals surface area contributed by atoms with Crippen LogP contribution in [0.4, 0.5) is 0 Å². The number of benzene rings is 4. The van der Waals surface area contributed by atoms with Crippen molar-refractivity contribution in [3.63, 3.8) is 0 Å². The smallest absolute Gasteiger partial charge is 1.00 e. The van der Waals surface area contributed by atoms with Crippen molar-refractivity contribution in [1.82, 2.24) is 0 Å². The maximum absolute atomic E-state index is 5.86. The van der Waals surface area contributed by atoms with Gasteiger partial charge in [-0.1, -0.05) is 94.5 Å². The maximum atomic E-state index is 5.86. The van der Waals surface area contributed by atoms with Gasteiger partial charge in [-0.2, -0.15) is 35.4 Å². The first kappa shape index (κ1) is 40.4. The molecule has 2 aliphatic carbocycles. The summed E-state index contributed by atoms with van der Waals surface area (Å²) < 4.78 is 1.31. The molecule has 0 radical (unpaired) electrons. The van der Waals surface area contributed by atoms with Crippen molar-refractivity contribution in [3.8, 4) is 11.1 Å². The quantitative estimate of drug-likeness (QED) is 0.195. The van der Waals surface area contributed by atoms with Gasteiger partial charge in [0.2, 0.25) is 0 Å². The predicted molar refractivity (Wildman–Crippen MR) is 187 cm³/mol. The normalized spacial score (nSPS) is 13.9. The summed E-state index contributed by atoms with van der Waals surface area (Å²) in [4.78, 5) is 0. The van der Waals surface area contributed by atoms with Gasteiger partial charge in [0.1, 0.15) is 0 Å². The number of unbranched alkanes of at least 4 members (excludes halogenated alkanes) is 1. The SMILES string of the molecule is CCCCC1[C-]=CC(C(C)(C)C)=C1.Cc1[c-]c2c(cc1)-c1ccc(C)cc1C2.Clc1ccc([C](=[Zr+2])c2ccc(Cl)cc2)cc1.[Cl-].[Cl-]. The number of halogens is 4. The van der Waals surface area contributed by atoms with Gasteiger partial charge in [-0.3, -0.25) is 6.08 Å². The molecule has 0 N–H and O–H groups in total. The molecule has 240 valence electrons. The van der Waals surface area contributed by atoms with E-state index in [2.05, 4.69) is 96.2 Å². The summed E-state index contributed by atoms with van der Waals surface area (Å²) in [5.74, 6) is 0.592. The Morgan fingerprint density at radius 1 is 0.826 bits per heavy atom. The van der Waals surface area contributed by atoms with Gasteiger partial charge in [0, 0.05) is 0 Å². The van der Waals surface area contributed by atoms with Crippen molar-refractivity contribution in [2.45, 2.75) is 67.2 Å². The van der Waals surface area contributed by atoms with Gasteiger partial charge < -0.3 is 24.8 Å². The van der Waals surface area contributed by atoms with Crippen LogP contribution in [0, 0.1) is 37.3 Å². The van der Waals surface area contributed by atoms with Crippen LogP contribution in [0.15, 0.2) is 96.6 Å². The number of hydrogen-bond donors (Lipinski definition) is 0. The number of allylic oxidation sites excluding steroid dienone is 4. The first-order valence-electron chi connectivity index (χ1n) is 15.5. The molecule has 0 spiro atoms. The minimum Gasteiger partial charge on any atom is -1.00 e. The van der Waals surface area contributed by atoms with E-state index in [1.165, 1.54) is 96.8 Å². The van der Waals surface area contributed by atoms with E-state index in [1.54, 1.807) is 0 Å². The first-order valence-corrected chi connectivity index (χ1v) is 17.5. The molecule has 4 aromatic carbocycles. The van der Waals surface area contributed by atoms with Gasteiger partial charge in [-0.15, -0.1) is 11.1 Å². The van der Waals surface area contributed by atoms with Gasteiger partial charge in [-0.25, -0.2) is 6.08 Å². The zero-order chi connectivity index (χ0) is 31.9. The Morgan fingerprint density at radius 3 is 1.91 bits per heavy atom. The van der Waals surface area contributed by atoms with E-state index >= 15 is 0 Å². The molecule has 46 heavy (non-hydrogen) atoms. The van der Waals surface area contributed by atoms with Crippen molar-refractivity contribution in [2.75, 3.05) is 0 Å². The summed E-state index contributed by atoms with van der Waals surface area (Å²) >= 11 is 13.1. The monoisotopic (exact) mass is 764 g/mol. The van der Waals surface area contributed by atoms with Crippen molar-refractivity contribution in [1.29, 1.82) is 0 Å². The van der Waals surface area contributed by atoms with Gasteiger partial charge in [0.15, 0.2) is 0 Å². The average Bonchev–Trinajstić information content (AvgIpc) is 3.61.